The van der Waals surface area contributed by atoms with Crippen LogP contribution in [0.5, 0.6) is 5.75 Å². The normalized spacial score (nSPS) is 11.5. The minimum Gasteiger partial charge on any atom is -0.494 e. The van der Waals surface area contributed by atoms with Crippen LogP contribution in [0.4, 0.5) is 10.1 Å². The summed E-state index contributed by atoms with van der Waals surface area (Å²) in [6.07, 6.45) is 0. The second kappa shape index (κ2) is 6.25. The van der Waals surface area contributed by atoms with Gasteiger partial charge in [0.15, 0.2) is 17.3 Å². The Hall–Kier alpha value is -2.81. The first kappa shape index (κ1) is 17.0. The molecule has 0 aliphatic carbocycles. The predicted molar refractivity (Wildman–Crippen MR) is 89.5 cm³/mol. The van der Waals surface area contributed by atoms with Gasteiger partial charge < -0.3 is 9.15 Å². The van der Waals surface area contributed by atoms with E-state index < -0.39 is 15.8 Å². The molecule has 1 aromatic carbocycles. The second-order valence-corrected chi connectivity index (χ2v) is 7.07. The molecule has 0 amide bonds. The molecule has 9 heteroatoms. The van der Waals surface area contributed by atoms with Gasteiger partial charge in [0.2, 0.25) is 0 Å². The van der Waals surface area contributed by atoms with Crippen molar-refractivity contribution < 1.29 is 22.0 Å². The van der Waals surface area contributed by atoms with Crippen LogP contribution in [0.25, 0.3) is 11.5 Å². The van der Waals surface area contributed by atoms with Crippen molar-refractivity contribution >= 4 is 15.7 Å². The fourth-order valence-corrected chi connectivity index (χ4v) is 3.57. The second-order valence-electron chi connectivity index (χ2n) is 5.42. The smallest absolute Gasteiger partial charge is 0.265 e. The molecule has 2 heterocycles. The van der Waals surface area contributed by atoms with Crippen LogP contribution in [0.1, 0.15) is 11.5 Å². The number of nitrogens with one attached hydrogen (secondary N) is 2. The minimum absolute atomic E-state index is 0.0265. The van der Waals surface area contributed by atoms with E-state index in [1.54, 1.807) is 6.07 Å². The number of furan rings is 1. The summed E-state index contributed by atoms with van der Waals surface area (Å²) >= 11 is 0. The SMILES string of the molecule is COc1ccc(NS(=O)(=O)c2cc(-c3cc(C)[nH]n3)oc2C)cc1F. The molecule has 0 saturated heterocycles. The van der Waals surface area contributed by atoms with Gasteiger partial charge in [0.25, 0.3) is 10.0 Å². The number of hydrogen-bond donors (Lipinski definition) is 2. The van der Waals surface area contributed by atoms with Gasteiger partial charge in [-0.15, -0.1) is 0 Å². The zero-order valence-corrected chi connectivity index (χ0v) is 14.6. The number of anilines is 1. The molecule has 0 unspecified atom stereocenters. The molecule has 132 valence electrons. The highest BCUT2D eigenvalue weighted by atomic mass is 32.2. The number of hydrogen-bond acceptors (Lipinski definition) is 5. The number of aromatic amines is 1. The maximum Gasteiger partial charge on any atom is 0.265 e. The molecule has 0 fully saturated rings. The average molecular weight is 365 g/mol. The van der Waals surface area contributed by atoms with Gasteiger partial charge in [-0.3, -0.25) is 9.82 Å². The van der Waals surface area contributed by atoms with Crippen molar-refractivity contribution in [2.24, 2.45) is 0 Å². The number of benzene rings is 1. The Morgan fingerprint density at radius 3 is 2.60 bits per heavy atom. The highest BCUT2D eigenvalue weighted by Crippen LogP contribution is 2.29. The van der Waals surface area contributed by atoms with Crippen LogP contribution in [0.15, 0.2) is 39.6 Å². The van der Waals surface area contributed by atoms with E-state index in [-0.39, 0.29) is 22.1 Å². The Bertz CT molecular complexity index is 1020. The molecule has 2 aromatic heterocycles. The maximum atomic E-state index is 13.7. The highest BCUT2D eigenvalue weighted by Gasteiger charge is 2.23. The highest BCUT2D eigenvalue weighted by molar-refractivity contribution is 7.92. The number of methoxy groups -OCH3 is 1. The Morgan fingerprint density at radius 2 is 2.00 bits per heavy atom. The van der Waals surface area contributed by atoms with Gasteiger partial charge in [-0.25, -0.2) is 12.8 Å². The predicted octanol–water partition coefficient (Wildman–Crippen LogP) is 3.24. The van der Waals surface area contributed by atoms with E-state index in [1.165, 1.54) is 32.2 Å². The minimum atomic E-state index is -3.95. The van der Waals surface area contributed by atoms with E-state index in [2.05, 4.69) is 14.9 Å². The van der Waals surface area contributed by atoms with Gasteiger partial charge in [-0.1, -0.05) is 0 Å². The summed E-state index contributed by atoms with van der Waals surface area (Å²) in [6.45, 7) is 3.36. The van der Waals surface area contributed by atoms with Crippen LogP contribution >= 0.6 is 0 Å². The van der Waals surface area contributed by atoms with E-state index in [9.17, 15) is 12.8 Å². The number of nitrogens with zero attached hydrogens (tertiary/aromatic N) is 1. The largest absolute Gasteiger partial charge is 0.494 e. The monoisotopic (exact) mass is 365 g/mol. The molecule has 0 aliphatic rings. The standard InChI is InChI=1S/C16H16FN3O4S/c1-9-6-13(19-18-9)15-8-16(10(2)24-15)25(21,22)20-11-4-5-14(23-3)12(17)7-11/h4-8,20H,1-3H3,(H,18,19). The molecule has 0 spiro atoms. The maximum absolute atomic E-state index is 13.7. The first-order valence-electron chi connectivity index (χ1n) is 7.29. The van der Waals surface area contributed by atoms with Crippen LogP contribution in [0.3, 0.4) is 0 Å². The lowest BCUT2D eigenvalue weighted by Crippen LogP contribution is -2.13. The van der Waals surface area contributed by atoms with Gasteiger partial charge in [0.1, 0.15) is 16.3 Å². The third-order valence-corrected chi connectivity index (χ3v) is 5.01. The molecular formula is C16H16FN3O4S. The van der Waals surface area contributed by atoms with Crippen LogP contribution in [-0.2, 0) is 10.0 Å². The number of rotatable bonds is 5. The molecule has 3 aromatic rings. The molecule has 2 N–H and O–H groups in total. The summed E-state index contributed by atoms with van der Waals surface area (Å²) < 4.78 is 51.6. The van der Waals surface area contributed by atoms with Crippen molar-refractivity contribution in [3.8, 4) is 17.2 Å². The van der Waals surface area contributed by atoms with E-state index in [1.807, 2.05) is 6.92 Å². The summed E-state index contributed by atoms with van der Waals surface area (Å²) in [5, 5.41) is 6.80. The molecule has 7 nitrogen and oxygen atoms in total. The molecule has 0 atom stereocenters. The fraction of sp³-hybridized carbons (Fsp3) is 0.188. The van der Waals surface area contributed by atoms with Crippen LogP contribution < -0.4 is 9.46 Å². The number of ether oxygens (including phenoxy) is 1. The molecule has 0 saturated carbocycles. The van der Waals surface area contributed by atoms with Gasteiger partial charge in [-0.05, 0) is 32.0 Å². The van der Waals surface area contributed by atoms with Crippen molar-refractivity contribution in [3.05, 3.63) is 47.6 Å². The van der Waals surface area contributed by atoms with Gasteiger partial charge in [0, 0.05) is 17.8 Å². The van der Waals surface area contributed by atoms with E-state index in [0.29, 0.717) is 11.5 Å². The van der Waals surface area contributed by atoms with Gasteiger partial charge >= 0.3 is 0 Å². The summed E-state index contributed by atoms with van der Waals surface area (Å²) in [6, 6.07) is 6.91. The Morgan fingerprint density at radius 1 is 1.24 bits per heavy atom. The lowest BCUT2D eigenvalue weighted by Gasteiger charge is -2.08. The Kier molecular flexibility index (Phi) is 4.25. The number of aromatic nitrogens is 2. The Balaban J connectivity index is 1.92. The fourth-order valence-electron chi connectivity index (χ4n) is 2.34. The summed E-state index contributed by atoms with van der Waals surface area (Å²) in [4.78, 5) is -0.0422. The molecule has 0 bridgehead atoms. The van der Waals surface area contributed by atoms with Crippen molar-refractivity contribution in [2.75, 3.05) is 11.8 Å². The van der Waals surface area contributed by atoms with Crippen LogP contribution in [0, 0.1) is 19.7 Å². The molecular weight excluding hydrogens is 349 g/mol. The summed E-state index contributed by atoms with van der Waals surface area (Å²) in [5.74, 6) is -0.113. The van der Waals surface area contributed by atoms with Crippen molar-refractivity contribution in [3.63, 3.8) is 0 Å². The topological polar surface area (TPSA) is 97.2 Å². The van der Waals surface area contributed by atoms with Crippen molar-refractivity contribution in [2.45, 2.75) is 18.7 Å². The average Bonchev–Trinajstić information content (AvgIpc) is 3.13. The van der Waals surface area contributed by atoms with Gasteiger partial charge in [0.05, 0.1) is 12.8 Å². The summed E-state index contributed by atoms with van der Waals surface area (Å²) in [7, 11) is -2.62. The number of halogens is 1. The van der Waals surface area contributed by atoms with Crippen LogP contribution in [0.2, 0.25) is 0 Å². The van der Waals surface area contributed by atoms with E-state index in [4.69, 9.17) is 9.15 Å². The third-order valence-electron chi connectivity index (χ3n) is 3.52. The molecule has 25 heavy (non-hydrogen) atoms. The Labute approximate surface area is 143 Å². The number of aryl methyl sites for hydroxylation is 2. The molecule has 0 aliphatic heterocycles. The first-order chi connectivity index (χ1) is 11.8. The number of sulfonamides is 1. The quantitative estimate of drug-likeness (QED) is 0.723. The van der Waals surface area contributed by atoms with Crippen molar-refractivity contribution in [1.29, 1.82) is 0 Å². The zero-order chi connectivity index (χ0) is 18.2. The van der Waals surface area contributed by atoms with Crippen molar-refractivity contribution in [1.82, 2.24) is 10.2 Å². The first-order valence-corrected chi connectivity index (χ1v) is 8.77. The molecule has 0 radical (unpaired) electrons. The van der Waals surface area contributed by atoms with E-state index in [0.717, 1.165) is 11.8 Å². The van der Waals surface area contributed by atoms with Crippen LogP contribution in [-0.4, -0.2) is 25.7 Å². The molecule has 3 rings (SSSR count). The lowest BCUT2D eigenvalue weighted by atomic mass is 10.3. The van der Waals surface area contributed by atoms with Gasteiger partial charge in [-0.2, -0.15) is 5.10 Å². The zero-order valence-electron chi connectivity index (χ0n) is 13.8. The third kappa shape index (κ3) is 3.36. The summed E-state index contributed by atoms with van der Waals surface area (Å²) in [5.41, 5.74) is 1.40. The van der Waals surface area contributed by atoms with E-state index >= 15 is 0 Å². The number of H-pyrrole nitrogens is 1. The lowest BCUT2D eigenvalue weighted by molar-refractivity contribution is 0.386.